The van der Waals surface area contributed by atoms with Crippen molar-refractivity contribution in [3.63, 3.8) is 0 Å². The van der Waals surface area contributed by atoms with E-state index in [4.69, 9.17) is 11.6 Å². The molecule has 2 aromatic rings. The van der Waals surface area contributed by atoms with Crippen molar-refractivity contribution in [2.75, 3.05) is 0 Å². The molecular weight excluding hydrogens is 247 g/mol. The summed E-state index contributed by atoms with van der Waals surface area (Å²) in [5, 5.41) is -1.13. The van der Waals surface area contributed by atoms with Crippen LogP contribution in [0, 0.1) is 0 Å². The van der Waals surface area contributed by atoms with E-state index in [0.29, 0.717) is 11.0 Å². The molecule has 0 aliphatic heterocycles. The van der Waals surface area contributed by atoms with Crippen molar-refractivity contribution in [1.82, 2.24) is 9.97 Å². The quantitative estimate of drug-likeness (QED) is 0.440. The van der Waals surface area contributed by atoms with Crippen LogP contribution in [0.3, 0.4) is 0 Å². The van der Waals surface area contributed by atoms with Crippen molar-refractivity contribution in [2.45, 2.75) is 5.03 Å². The van der Waals surface area contributed by atoms with Gasteiger partial charge in [-0.25, -0.2) is 18.4 Å². The van der Waals surface area contributed by atoms with Crippen molar-refractivity contribution >= 4 is 32.8 Å². The molecule has 0 aliphatic rings. The molecule has 0 spiro atoms. The largest absolute Gasteiger partial charge is 1.00 e. The van der Waals surface area contributed by atoms with Gasteiger partial charge in [0.25, 0.3) is 0 Å². The van der Waals surface area contributed by atoms with E-state index >= 15 is 0 Å². The molecule has 0 amide bonds. The SMILES string of the molecule is O=S(=O)([O-])c1nc2ccccc2nc1Cl.[Li+]. The third kappa shape index (κ3) is 2.54. The Morgan fingerprint density at radius 1 is 1.12 bits per heavy atom. The second kappa shape index (κ2) is 4.70. The van der Waals surface area contributed by atoms with Gasteiger partial charge in [0.1, 0.15) is 10.1 Å². The maximum Gasteiger partial charge on any atom is 1.00 e. The van der Waals surface area contributed by atoms with Gasteiger partial charge in [0.15, 0.2) is 10.2 Å². The first-order valence-electron chi connectivity index (χ1n) is 3.86. The number of fused-ring (bicyclic) bond motifs is 1. The van der Waals surface area contributed by atoms with Gasteiger partial charge in [-0.15, -0.1) is 0 Å². The molecule has 2 rings (SSSR count). The van der Waals surface area contributed by atoms with E-state index < -0.39 is 20.3 Å². The number of aromatic nitrogens is 2. The van der Waals surface area contributed by atoms with Crippen molar-refractivity contribution in [3.05, 3.63) is 29.4 Å². The fourth-order valence-corrected chi connectivity index (χ4v) is 2.00. The molecule has 1 aromatic carbocycles. The fraction of sp³-hybridized carbons (Fsp3) is 0. The summed E-state index contributed by atoms with van der Waals surface area (Å²) in [7, 11) is -4.68. The molecule has 0 unspecified atom stereocenters. The zero-order valence-electron chi connectivity index (χ0n) is 8.21. The van der Waals surface area contributed by atoms with Gasteiger partial charge in [0.05, 0.1) is 11.0 Å². The average Bonchev–Trinajstić information content (AvgIpc) is 2.15. The van der Waals surface area contributed by atoms with Crippen LogP contribution in [0.2, 0.25) is 5.15 Å². The van der Waals surface area contributed by atoms with Gasteiger partial charge < -0.3 is 4.55 Å². The van der Waals surface area contributed by atoms with Gasteiger partial charge in [0, 0.05) is 0 Å². The number of halogens is 1. The molecule has 5 nitrogen and oxygen atoms in total. The first-order valence-corrected chi connectivity index (χ1v) is 5.65. The van der Waals surface area contributed by atoms with Crippen LogP contribution >= 0.6 is 11.6 Å². The van der Waals surface area contributed by atoms with E-state index in [1.807, 2.05) is 0 Å². The van der Waals surface area contributed by atoms with Crippen LogP contribution in [0.5, 0.6) is 0 Å². The minimum absolute atomic E-state index is 0. The minimum atomic E-state index is -4.68. The zero-order chi connectivity index (χ0) is 11.1. The molecule has 0 radical (unpaired) electrons. The molecule has 0 saturated heterocycles. The van der Waals surface area contributed by atoms with E-state index in [0.717, 1.165) is 0 Å². The number of hydrogen-bond donors (Lipinski definition) is 0. The Labute approximate surface area is 109 Å². The Bertz CT molecular complexity index is 632. The molecule has 0 N–H and O–H groups in total. The summed E-state index contributed by atoms with van der Waals surface area (Å²) in [5.41, 5.74) is 0.756. The molecule has 0 saturated carbocycles. The van der Waals surface area contributed by atoms with Gasteiger partial charge in [-0.2, -0.15) is 0 Å². The van der Waals surface area contributed by atoms with Gasteiger partial charge in [-0.05, 0) is 12.1 Å². The van der Waals surface area contributed by atoms with Crippen molar-refractivity contribution < 1.29 is 31.8 Å². The summed E-state index contributed by atoms with van der Waals surface area (Å²) < 4.78 is 32.3. The van der Waals surface area contributed by atoms with Crippen molar-refractivity contribution in [1.29, 1.82) is 0 Å². The summed E-state index contributed by atoms with van der Waals surface area (Å²) in [5.74, 6) is 0. The van der Waals surface area contributed by atoms with Gasteiger partial charge in [-0.3, -0.25) is 0 Å². The molecule has 8 heteroatoms. The molecule has 16 heavy (non-hydrogen) atoms. The minimum Gasteiger partial charge on any atom is -0.743 e. The Hall–Kier alpha value is -0.643. The van der Waals surface area contributed by atoms with Gasteiger partial charge >= 0.3 is 18.9 Å². The summed E-state index contributed by atoms with van der Waals surface area (Å²) in [4.78, 5) is 7.42. The number of nitrogens with zero attached hydrogens (tertiary/aromatic N) is 2. The maximum atomic E-state index is 10.8. The average molecular weight is 251 g/mol. The topological polar surface area (TPSA) is 83.0 Å². The Morgan fingerprint density at radius 2 is 1.62 bits per heavy atom. The number of rotatable bonds is 1. The Morgan fingerprint density at radius 3 is 2.12 bits per heavy atom. The number of hydrogen-bond acceptors (Lipinski definition) is 5. The van der Waals surface area contributed by atoms with E-state index in [-0.39, 0.29) is 18.9 Å². The van der Waals surface area contributed by atoms with E-state index in [2.05, 4.69) is 9.97 Å². The van der Waals surface area contributed by atoms with Gasteiger partial charge in [-0.1, -0.05) is 23.7 Å². The molecule has 0 aliphatic carbocycles. The standard InChI is InChI=1S/C8H5ClN2O3S.Li/c9-7-8(15(12,13)14)11-6-4-2-1-3-5(6)10-7;/h1-4H,(H,12,13,14);/q;+1/p-1. The van der Waals surface area contributed by atoms with Crippen LogP contribution in [0.25, 0.3) is 11.0 Å². The summed E-state index contributed by atoms with van der Waals surface area (Å²) in [6.07, 6.45) is 0. The summed E-state index contributed by atoms with van der Waals surface area (Å²) in [6.45, 7) is 0. The molecule has 0 atom stereocenters. The predicted molar refractivity (Wildman–Crippen MR) is 52.5 cm³/mol. The number of para-hydroxylation sites is 2. The maximum absolute atomic E-state index is 10.8. The van der Waals surface area contributed by atoms with E-state index in [9.17, 15) is 13.0 Å². The third-order valence-electron chi connectivity index (χ3n) is 1.74. The molecule has 1 heterocycles. The smallest absolute Gasteiger partial charge is 0.743 e. The van der Waals surface area contributed by atoms with Crippen LogP contribution in [0.4, 0.5) is 0 Å². The van der Waals surface area contributed by atoms with Crippen LogP contribution in [0.1, 0.15) is 0 Å². The normalized spacial score (nSPS) is 11.1. The first kappa shape index (κ1) is 13.4. The molecule has 0 fully saturated rings. The van der Waals surface area contributed by atoms with Crippen molar-refractivity contribution in [3.8, 4) is 0 Å². The monoisotopic (exact) mass is 250 g/mol. The number of benzene rings is 1. The second-order valence-corrected chi connectivity index (χ2v) is 4.42. The first-order chi connectivity index (χ1) is 6.98. The second-order valence-electron chi connectivity index (χ2n) is 2.76. The zero-order valence-corrected chi connectivity index (χ0v) is 9.79. The fourth-order valence-electron chi connectivity index (χ4n) is 1.12. The van der Waals surface area contributed by atoms with Gasteiger partial charge in [0.2, 0.25) is 0 Å². The predicted octanol–water partition coefficient (Wildman–Crippen LogP) is -1.81. The summed E-state index contributed by atoms with van der Waals surface area (Å²) in [6, 6.07) is 6.54. The molecule has 78 valence electrons. The third-order valence-corrected chi connectivity index (χ3v) is 2.87. The van der Waals surface area contributed by atoms with Crippen LogP contribution in [0.15, 0.2) is 29.3 Å². The molecule has 0 bridgehead atoms. The molecular formula is C8H4ClLiN2O3S. The van der Waals surface area contributed by atoms with E-state index in [1.165, 1.54) is 0 Å². The van der Waals surface area contributed by atoms with Crippen LogP contribution in [-0.2, 0) is 10.1 Å². The molecule has 1 aromatic heterocycles. The summed E-state index contributed by atoms with van der Waals surface area (Å²) >= 11 is 5.54. The van der Waals surface area contributed by atoms with Crippen LogP contribution < -0.4 is 18.9 Å². The van der Waals surface area contributed by atoms with Crippen molar-refractivity contribution in [2.24, 2.45) is 0 Å². The Balaban J connectivity index is 0.00000128. The Kier molecular flexibility index (Phi) is 3.94. The van der Waals surface area contributed by atoms with E-state index in [1.54, 1.807) is 24.3 Å². The van der Waals surface area contributed by atoms with Crippen LogP contribution in [-0.4, -0.2) is 22.9 Å².